The molecule has 0 spiro atoms. The Morgan fingerprint density at radius 1 is 1.28 bits per heavy atom. The molecular formula is C14H23NO3. The lowest BCUT2D eigenvalue weighted by Gasteiger charge is -2.20. The van der Waals surface area contributed by atoms with Gasteiger partial charge in [0.2, 0.25) is 0 Å². The third kappa shape index (κ3) is 3.98. The Kier molecular flexibility index (Phi) is 6.12. The quantitative estimate of drug-likeness (QED) is 0.779. The minimum absolute atomic E-state index is 0.0768. The van der Waals surface area contributed by atoms with Crippen molar-refractivity contribution in [2.75, 3.05) is 20.8 Å². The number of nitrogens with one attached hydrogen (secondary N) is 1. The van der Waals surface area contributed by atoms with Crippen LogP contribution < -0.4 is 10.1 Å². The van der Waals surface area contributed by atoms with E-state index in [1.54, 1.807) is 14.2 Å². The molecule has 4 heteroatoms. The number of hydrogen-bond donors (Lipinski definition) is 2. The van der Waals surface area contributed by atoms with E-state index in [0.29, 0.717) is 6.61 Å². The van der Waals surface area contributed by atoms with E-state index < -0.39 is 0 Å². The molecule has 0 aliphatic rings. The van der Waals surface area contributed by atoms with Gasteiger partial charge in [-0.05, 0) is 31.5 Å². The average molecular weight is 253 g/mol. The maximum absolute atomic E-state index is 9.05. The van der Waals surface area contributed by atoms with Gasteiger partial charge in [0.15, 0.2) is 0 Å². The molecule has 2 N–H and O–H groups in total. The fourth-order valence-electron chi connectivity index (χ4n) is 1.91. The molecule has 2 atom stereocenters. The van der Waals surface area contributed by atoms with Crippen LogP contribution in [0.1, 0.15) is 31.0 Å². The van der Waals surface area contributed by atoms with Gasteiger partial charge in [-0.1, -0.05) is 6.07 Å². The Morgan fingerprint density at radius 3 is 2.56 bits per heavy atom. The van der Waals surface area contributed by atoms with Crippen LogP contribution in [0.4, 0.5) is 0 Å². The molecule has 4 nitrogen and oxygen atoms in total. The lowest BCUT2D eigenvalue weighted by molar-refractivity contribution is 0.181. The van der Waals surface area contributed by atoms with Crippen molar-refractivity contribution in [3.63, 3.8) is 0 Å². The Balaban J connectivity index is 2.86. The lowest BCUT2D eigenvalue weighted by Crippen LogP contribution is -2.31. The van der Waals surface area contributed by atoms with Crippen molar-refractivity contribution in [2.45, 2.75) is 32.5 Å². The maximum Gasteiger partial charge on any atom is 0.124 e. The highest BCUT2D eigenvalue weighted by atomic mass is 16.5. The summed E-state index contributed by atoms with van der Waals surface area (Å²) in [5, 5.41) is 12.4. The van der Waals surface area contributed by atoms with E-state index in [1.165, 1.54) is 0 Å². The SMILES string of the molecule is COCc1cc(C(C)NC(C)CO)ccc1OC. The Hall–Kier alpha value is -1.10. The van der Waals surface area contributed by atoms with Crippen LogP contribution in [0.3, 0.4) is 0 Å². The molecule has 0 saturated heterocycles. The molecule has 0 saturated carbocycles. The summed E-state index contributed by atoms with van der Waals surface area (Å²) in [6, 6.07) is 6.30. The summed E-state index contributed by atoms with van der Waals surface area (Å²) < 4.78 is 10.5. The largest absolute Gasteiger partial charge is 0.496 e. The van der Waals surface area contributed by atoms with Crippen LogP contribution >= 0.6 is 0 Å². The Morgan fingerprint density at radius 2 is 2.00 bits per heavy atom. The van der Waals surface area contributed by atoms with Crippen molar-refractivity contribution in [3.05, 3.63) is 29.3 Å². The summed E-state index contributed by atoms with van der Waals surface area (Å²) in [4.78, 5) is 0. The minimum Gasteiger partial charge on any atom is -0.496 e. The molecule has 0 radical (unpaired) electrons. The molecule has 0 aliphatic carbocycles. The Labute approximate surface area is 109 Å². The van der Waals surface area contributed by atoms with E-state index in [1.807, 2.05) is 19.1 Å². The highest BCUT2D eigenvalue weighted by Crippen LogP contribution is 2.24. The molecule has 18 heavy (non-hydrogen) atoms. The summed E-state index contributed by atoms with van der Waals surface area (Å²) in [6.45, 7) is 4.69. The van der Waals surface area contributed by atoms with Gasteiger partial charge in [0.05, 0.1) is 20.3 Å². The third-order valence-corrected chi connectivity index (χ3v) is 2.91. The van der Waals surface area contributed by atoms with E-state index in [4.69, 9.17) is 14.6 Å². The van der Waals surface area contributed by atoms with Crippen LogP contribution in [0.5, 0.6) is 5.75 Å². The average Bonchev–Trinajstić information content (AvgIpc) is 2.38. The number of ether oxygens (including phenoxy) is 2. The first-order chi connectivity index (χ1) is 8.62. The molecule has 1 aromatic carbocycles. The highest BCUT2D eigenvalue weighted by molar-refractivity contribution is 5.38. The second-order valence-electron chi connectivity index (χ2n) is 4.48. The number of methoxy groups -OCH3 is 2. The van der Waals surface area contributed by atoms with Crippen molar-refractivity contribution >= 4 is 0 Å². The van der Waals surface area contributed by atoms with Gasteiger partial charge in [-0.2, -0.15) is 0 Å². The van der Waals surface area contributed by atoms with Gasteiger partial charge in [-0.25, -0.2) is 0 Å². The second kappa shape index (κ2) is 7.36. The zero-order chi connectivity index (χ0) is 13.5. The van der Waals surface area contributed by atoms with Gasteiger partial charge in [0.25, 0.3) is 0 Å². The van der Waals surface area contributed by atoms with E-state index >= 15 is 0 Å². The normalized spacial score (nSPS) is 14.3. The predicted molar refractivity (Wildman–Crippen MR) is 71.8 cm³/mol. The van der Waals surface area contributed by atoms with Crippen LogP contribution in [0.15, 0.2) is 18.2 Å². The molecule has 0 aromatic heterocycles. The Bertz CT molecular complexity index is 368. The minimum atomic E-state index is 0.0768. The predicted octanol–water partition coefficient (Wildman–Crippen LogP) is 1.87. The van der Waals surface area contributed by atoms with Gasteiger partial charge in [0.1, 0.15) is 5.75 Å². The molecule has 1 aromatic rings. The van der Waals surface area contributed by atoms with Crippen LogP contribution in [-0.2, 0) is 11.3 Å². The summed E-state index contributed by atoms with van der Waals surface area (Å²) in [7, 11) is 3.32. The van der Waals surface area contributed by atoms with Gasteiger partial charge < -0.3 is 19.9 Å². The topological polar surface area (TPSA) is 50.7 Å². The number of hydrogen-bond acceptors (Lipinski definition) is 4. The van der Waals surface area contributed by atoms with E-state index in [-0.39, 0.29) is 18.7 Å². The first kappa shape index (κ1) is 15.0. The highest BCUT2D eigenvalue weighted by Gasteiger charge is 2.11. The number of aliphatic hydroxyl groups is 1. The molecule has 0 fully saturated rings. The van der Waals surface area contributed by atoms with Gasteiger partial charge >= 0.3 is 0 Å². The fraction of sp³-hybridized carbons (Fsp3) is 0.571. The molecule has 0 amide bonds. The molecule has 0 aliphatic heterocycles. The fourth-order valence-corrected chi connectivity index (χ4v) is 1.91. The first-order valence-electron chi connectivity index (χ1n) is 6.15. The standard InChI is InChI=1S/C14H23NO3/c1-10(8-16)15-11(2)12-5-6-14(18-4)13(7-12)9-17-3/h5-7,10-11,15-16H,8-9H2,1-4H3. The molecule has 0 bridgehead atoms. The molecule has 1 rings (SSSR count). The van der Waals surface area contributed by atoms with Crippen molar-refractivity contribution in [2.24, 2.45) is 0 Å². The van der Waals surface area contributed by atoms with Crippen molar-refractivity contribution in [1.82, 2.24) is 5.32 Å². The molecular weight excluding hydrogens is 230 g/mol. The van der Waals surface area contributed by atoms with Crippen molar-refractivity contribution in [3.8, 4) is 5.75 Å². The van der Waals surface area contributed by atoms with Gasteiger partial charge in [0, 0.05) is 24.8 Å². The summed E-state index contributed by atoms with van der Waals surface area (Å²) in [5.41, 5.74) is 2.19. The van der Waals surface area contributed by atoms with Gasteiger partial charge in [-0.3, -0.25) is 0 Å². The number of aliphatic hydroxyl groups excluding tert-OH is 1. The lowest BCUT2D eigenvalue weighted by atomic mass is 10.0. The monoisotopic (exact) mass is 253 g/mol. The smallest absolute Gasteiger partial charge is 0.124 e. The van der Waals surface area contributed by atoms with Crippen LogP contribution in [0.2, 0.25) is 0 Å². The molecule has 102 valence electrons. The zero-order valence-corrected chi connectivity index (χ0v) is 11.6. The van der Waals surface area contributed by atoms with Crippen LogP contribution in [-0.4, -0.2) is 32.0 Å². The zero-order valence-electron chi connectivity index (χ0n) is 11.6. The third-order valence-electron chi connectivity index (χ3n) is 2.91. The summed E-state index contributed by atoms with van der Waals surface area (Å²) >= 11 is 0. The second-order valence-corrected chi connectivity index (χ2v) is 4.48. The summed E-state index contributed by atoms with van der Waals surface area (Å²) in [6.07, 6.45) is 0. The van der Waals surface area contributed by atoms with E-state index in [0.717, 1.165) is 16.9 Å². The van der Waals surface area contributed by atoms with E-state index in [9.17, 15) is 0 Å². The van der Waals surface area contributed by atoms with Crippen molar-refractivity contribution < 1.29 is 14.6 Å². The van der Waals surface area contributed by atoms with Crippen LogP contribution in [0, 0.1) is 0 Å². The number of rotatable bonds is 7. The molecule has 2 unspecified atom stereocenters. The van der Waals surface area contributed by atoms with E-state index in [2.05, 4.69) is 18.3 Å². The maximum atomic E-state index is 9.05. The van der Waals surface area contributed by atoms with Crippen molar-refractivity contribution in [1.29, 1.82) is 0 Å². The van der Waals surface area contributed by atoms with Crippen LogP contribution in [0.25, 0.3) is 0 Å². The first-order valence-corrected chi connectivity index (χ1v) is 6.15. The summed E-state index contributed by atoms with van der Waals surface area (Å²) in [5.74, 6) is 0.836. The van der Waals surface area contributed by atoms with Gasteiger partial charge in [-0.15, -0.1) is 0 Å². The molecule has 0 heterocycles. The number of benzene rings is 1.